The molecule has 1 saturated carbocycles. The summed E-state index contributed by atoms with van der Waals surface area (Å²) in [5.41, 5.74) is 2.86. The number of hydrogen-bond acceptors (Lipinski definition) is 5. The van der Waals surface area contributed by atoms with E-state index >= 15 is 0 Å². The molecule has 2 aliphatic rings. The van der Waals surface area contributed by atoms with Crippen LogP contribution in [0.5, 0.6) is 0 Å². The van der Waals surface area contributed by atoms with Crippen LogP contribution in [0.3, 0.4) is 0 Å². The predicted octanol–water partition coefficient (Wildman–Crippen LogP) is 4.59. The van der Waals surface area contributed by atoms with Crippen molar-refractivity contribution in [3.63, 3.8) is 0 Å². The van der Waals surface area contributed by atoms with Crippen molar-refractivity contribution in [2.75, 3.05) is 25.0 Å². The molecule has 0 bridgehead atoms. The summed E-state index contributed by atoms with van der Waals surface area (Å²) in [6, 6.07) is 9.24. The van der Waals surface area contributed by atoms with Crippen molar-refractivity contribution in [3.05, 3.63) is 41.7 Å². The lowest BCUT2D eigenvalue weighted by Crippen LogP contribution is -2.42. The van der Waals surface area contributed by atoms with Crippen LogP contribution in [0.15, 0.2) is 36.7 Å². The van der Waals surface area contributed by atoms with Crippen molar-refractivity contribution in [1.29, 1.82) is 0 Å². The lowest BCUT2D eigenvalue weighted by Gasteiger charge is -2.31. The van der Waals surface area contributed by atoms with E-state index in [1.807, 2.05) is 18.3 Å². The second kappa shape index (κ2) is 9.55. The largest absolute Gasteiger partial charge is 0.360 e. The molecule has 1 aromatic carbocycles. The number of H-pyrrole nitrogens is 1. The number of piperidine rings is 1. The van der Waals surface area contributed by atoms with E-state index in [1.54, 1.807) is 6.20 Å². The van der Waals surface area contributed by atoms with Gasteiger partial charge >= 0.3 is 0 Å². The zero-order valence-electron chi connectivity index (χ0n) is 17.8. The van der Waals surface area contributed by atoms with E-state index in [4.69, 9.17) is 16.6 Å². The summed E-state index contributed by atoms with van der Waals surface area (Å²) in [5, 5.41) is 12.6. The van der Waals surface area contributed by atoms with Crippen molar-refractivity contribution in [1.82, 2.24) is 25.6 Å². The number of aromatic nitrogens is 3. The monoisotopic (exact) mass is 438 g/mol. The van der Waals surface area contributed by atoms with E-state index in [-0.39, 0.29) is 0 Å². The second-order valence-electron chi connectivity index (χ2n) is 8.95. The number of aromatic amines is 1. The molecule has 2 aromatic heterocycles. The Balaban J connectivity index is 1.19. The van der Waals surface area contributed by atoms with E-state index in [0.29, 0.717) is 23.1 Å². The standard InChI is InChI=1S/C24H31ClN6/c25-21-15-29-24(31-23(21)20-14-28-22-6-2-1-5-19(20)22)30-18-9-7-17(8-10-18)27-13-16-4-3-11-26-12-16/h1-2,5-6,14-18,26-28H,3-4,7-13H2,(H,29,30,31). The molecule has 2 fully saturated rings. The SMILES string of the molecule is Clc1cnc(NC2CCC(NCC3CCCNC3)CC2)nc1-c1c[nH]c2ccccc12. The van der Waals surface area contributed by atoms with E-state index in [0.717, 1.165) is 54.0 Å². The average molecular weight is 439 g/mol. The van der Waals surface area contributed by atoms with Gasteiger partial charge in [-0.1, -0.05) is 29.8 Å². The number of nitrogens with one attached hydrogen (secondary N) is 4. The smallest absolute Gasteiger partial charge is 0.223 e. The summed E-state index contributed by atoms with van der Waals surface area (Å²) >= 11 is 6.47. The molecule has 5 rings (SSSR count). The third kappa shape index (κ3) is 4.86. The Morgan fingerprint density at radius 3 is 2.74 bits per heavy atom. The minimum absolute atomic E-state index is 0.409. The maximum absolute atomic E-state index is 6.47. The third-order valence-corrected chi connectivity index (χ3v) is 7.02. The van der Waals surface area contributed by atoms with Gasteiger partial charge in [0.05, 0.1) is 16.9 Å². The highest BCUT2D eigenvalue weighted by Gasteiger charge is 2.23. The number of fused-ring (bicyclic) bond motifs is 1. The molecule has 0 amide bonds. The number of rotatable bonds is 6. The van der Waals surface area contributed by atoms with Crippen LogP contribution < -0.4 is 16.0 Å². The van der Waals surface area contributed by atoms with Gasteiger partial charge in [0.1, 0.15) is 0 Å². The van der Waals surface area contributed by atoms with Crippen LogP contribution in [0.2, 0.25) is 5.02 Å². The van der Waals surface area contributed by atoms with Crippen LogP contribution in [-0.2, 0) is 0 Å². The minimum Gasteiger partial charge on any atom is -0.360 e. The van der Waals surface area contributed by atoms with Gasteiger partial charge < -0.3 is 20.9 Å². The zero-order chi connectivity index (χ0) is 21.0. The molecule has 1 aliphatic carbocycles. The summed E-state index contributed by atoms with van der Waals surface area (Å²) in [6.45, 7) is 3.49. The molecule has 0 spiro atoms. The van der Waals surface area contributed by atoms with Gasteiger partial charge in [-0.2, -0.15) is 0 Å². The van der Waals surface area contributed by atoms with Crippen LogP contribution >= 0.6 is 11.6 Å². The molecule has 6 nitrogen and oxygen atoms in total. The fourth-order valence-corrected chi connectivity index (χ4v) is 5.14. The molecular formula is C24H31ClN6. The molecule has 7 heteroatoms. The highest BCUT2D eigenvalue weighted by atomic mass is 35.5. The van der Waals surface area contributed by atoms with Gasteiger partial charge in [-0.05, 0) is 70.1 Å². The summed E-state index contributed by atoms with van der Waals surface area (Å²) < 4.78 is 0. The Morgan fingerprint density at radius 1 is 1.06 bits per heavy atom. The molecule has 1 saturated heterocycles. The number of hydrogen-bond donors (Lipinski definition) is 4. The number of anilines is 1. The first kappa shape index (κ1) is 20.7. The molecular weight excluding hydrogens is 408 g/mol. The van der Waals surface area contributed by atoms with Crippen molar-refractivity contribution >= 4 is 28.5 Å². The predicted molar refractivity (Wildman–Crippen MR) is 128 cm³/mol. The van der Waals surface area contributed by atoms with Gasteiger partial charge in [0.25, 0.3) is 0 Å². The van der Waals surface area contributed by atoms with Crippen LogP contribution in [0, 0.1) is 5.92 Å². The fourth-order valence-electron chi connectivity index (χ4n) is 4.95. The fraction of sp³-hybridized carbons (Fsp3) is 0.500. The second-order valence-corrected chi connectivity index (χ2v) is 9.36. The number of para-hydroxylation sites is 1. The van der Waals surface area contributed by atoms with Crippen LogP contribution in [-0.4, -0.2) is 46.7 Å². The zero-order valence-corrected chi connectivity index (χ0v) is 18.6. The van der Waals surface area contributed by atoms with Crippen LogP contribution in [0.25, 0.3) is 22.2 Å². The van der Waals surface area contributed by atoms with Gasteiger partial charge in [0.15, 0.2) is 0 Å². The molecule has 3 aromatic rings. The van der Waals surface area contributed by atoms with Gasteiger partial charge in [0.2, 0.25) is 5.95 Å². The maximum Gasteiger partial charge on any atom is 0.223 e. The Bertz CT molecular complexity index is 1000. The Kier molecular flexibility index (Phi) is 6.39. The summed E-state index contributed by atoms with van der Waals surface area (Å²) in [5.74, 6) is 1.45. The quantitative estimate of drug-likeness (QED) is 0.452. The van der Waals surface area contributed by atoms with Crippen molar-refractivity contribution in [3.8, 4) is 11.3 Å². The van der Waals surface area contributed by atoms with E-state index in [1.165, 1.54) is 32.2 Å². The highest BCUT2D eigenvalue weighted by molar-refractivity contribution is 6.33. The first-order chi connectivity index (χ1) is 15.3. The molecule has 1 aliphatic heterocycles. The molecule has 1 atom stereocenters. The molecule has 164 valence electrons. The average Bonchev–Trinajstić information content (AvgIpc) is 3.25. The van der Waals surface area contributed by atoms with Gasteiger partial charge in [-0.25, -0.2) is 9.97 Å². The van der Waals surface area contributed by atoms with Crippen molar-refractivity contribution < 1.29 is 0 Å². The lowest BCUT2D eigenvalue weighted by atomic mass is 9.90. The van der Waals surface area contributed by atoms with E-state index < -0.39 is 0 Å². The summed E-state index contributed by atoms with van der Waals surface area (Å²) in [4.78, 5) is 12.5. The Labute approximate surface area is 188 Å². The molecule has 0 radical (unpaired) electrons. The third-order valence-electron chi connectivity index (χ3n) is 6.74. The van der Waals surface area contributed by atoms with Crippen LogP contribution in [0.1, 0.15) is 38.5 Å². The maximum atomic E-state index is 6.47. The van der Waals surface area contributed by atoms with Crippen LogP contribution in [0.4, 0.5) is 5.95 Å². The number of benzene rings is 1. The first-order valence-corrected chi connectivity index (χ1v) is 11.9. The molecule has 31 heavy (non-hydrogen) atoms. The summed E-state index contributed by atoms with van der Waals surface area (Å²) in [7, 11) is 0. The Hall–Kier alpha value is -2.15. The van der Waals surface area contributed by atoms with Crippen molar-refractivity contribution in [2.24, 2.45) is 5.92 Å². The van der Waals surface area contributed by atoms with Gasteiger partial charge in [-0.15, -0.1) is 0 Å². The van der Waals surface area contributed by atoms with E-state index in [2.05, 4.69) is 38.1 Å². The summed E-state index contributed by atoms with van der Waals surface area (Å²) in [6.07, 6.45) is 11.0. The first-order valence-electron chi connectivity index (χ1n) is 11.6. The van der Waals surface area contributed by atoms with Crippen molar-refractivity contribution in [2.45, 2.75) is 50.6 Å². The van der Waals surface area contributed by atoms with Gasteiger partial charge in [0, 0.05) is 34.7 Å². The molecule has 3 heterocycles. The minimum atomic E-state index is 0.409. The highest BCUT2D eigenvalue weighted by Crippen LogP contribution is 2.32. The Morgan fingerprint density at radius 2 is 1.90 bits per heavy atom. The molecule has 1 unspecified atom stereocenters. The lowest BCUT2D eigenvalue weighted by molar-refractivity contribution is 0.303. The number of halogens is 1. The van der Waals surface area contributed by atoms with E-state index in [9.17, 15) is 0 Å². The molecule has 4 N–H and O–H groups in total. The van der Waals surface area contributed by atoms with Gasteiger partial charge in [-0.3, -0.25) is 0 Å². The topological polar surface area (TPSA) is 77.7 Å². The normalized spacial score (nSPS) is 24.4. The number of nitrogens with zero attached hydrogens (tertiary/aromatic N) is 2.